The molecule has 4 heteroatoms. The van der Waals surface area contributed by atoms with Crippen LogP contribution in [0.5, 0.6) is 0 Å². The predicted octanol–water partition coefficient (Wildman–Crippen LogP) is 1.26. The van der Waals surface area contributed by atoms with Crippen LogP contribution in [0.15, 0.2) is 18.2 Å². The Kier molecular flexibility index (Phi) is 3.10. The molecule has 1 aromatic heterocycles. The standard InChI is InChI=1S/C8H10N2OS/c1-6-3-2-4-7(9-6)10-8(11)5-12/h2-4,12H,5H2,1H3,(H,9,10,11). The van der Waals surface area contributed by atoms with Gasteiger partial charge in [-0.3, -0.25) is 4.79 Å². The highest BCUT2D eigenvalue weighted by Crippen LogP contribution is 2.03. The lowest BCUT2D eigenvalue weighted by Gasteiger charge is -2.01. The highest BCUT2D eigenvalue weighted by molar-refractivity contribution is 7.81. The van der Waals surface area contributed by atoms with Crippen molar-refractivity contribution in [2.45, 2.75) is 6.92 Å². The van der Waals surface area contributed by atoms with Crippen molar-refractivity contribution in [2.75, 3.05) is 11.1 Å². The third-order valence-corrected chi connectivity index (χ3v) is 1.59. The number of hydrogen-bond donors (Lipinski definition) is 2. The van der Waals surface area contributed by atoms with E-state index in [1.165, 1.54) is 0 Å². The quantitative estimate of drug-likeness (QED) is 0.676. The molecule has 0 saturated carbocycles. The lowest BCUT2D eigenvalue weighted by atomic mass is 10.4. The van der Waals surface area contributed by atoms with Gasteiger partial charge in [-0.2, -0.15) is 12.6 Å². The summed E-state index contributed by atoms with van der Waals surface area (Å²) < 4.78 is 0. The number of nitrogens with one attached hydrogen (secondary N) is 1. The number of aryl methyl sites for hydroxylation is 1. The predicted molar refractivity (Wildman–Crippen MR) is 51.5 cm³/mol. The number of aromatic nitrogens is 1. The Morgan fingerprint density at radius 3 is 3.00 bits per heavy atom. The van der Waals surface area contributed by atoms with E-state index in [0.29, 0.717) is 5.82 Å². The van der Waals surface area contributed by atoms with Crippen LogP contribution in [0.25, 0.3) is 0 Å². The number of thiol groups is 1. The number of rotatable bonds is 2. The minimum atomic E-state index is -0.142. The van der Waals surface area contributed by atoms with Gasteiger partial charge >= 0.3 is 0 Å². The summed E-state index contributed by atoms with van der Waals surface area (Å²) in [7, 11) is 0. The molecule has 0 bridgehead atoms. The molecule has 64 valence electrons. The molecule has 1 N–H and O–H groups in total. The second kappa shape index (κ2) is 4.11. The molecule has 0 spiro atoms. The Morgan fingerprint density at radius 1 is 1.67 bits per heavy atom. The van der Waals surface area contributed by atoms with Crippen molar-refractivity contribution < 1.29 is 4.79 Å². The Labute approximate surface area is 76.6 Å². The summed E-state index contributed by atoms with van der Waals surface area (Å²) in [5, 5.41) is 2.61. The molecule has 0 radical (unpaired) electrons. The minimum absolute atomic E-state index is 0.142. The third kappa shape index (κ3) is 2.54. The van der Waals surface area contributed by atoms with Crippen molar-refractivity contribution in [3.8, 4) is 0 Å². The zero-order valence-electron chi connectivity index (χ0n) is 6.74. The van der Waals surface area contributed by atoms with E-state index in [4.69, 9.17) is 0 Å². The molecule has 0 saturated heterocycles. The fraction of sp³-hybridized carbons (Fsp3) is 0.250. The van der Waals surface area contributed by atoms with Gasteiger partial charge in [0.1, 0.15) is 5.82 Å². The summed E-state index contributed by atoms with van der Waals surface area (Å²) >= 11 is 3.83. The maximum absolute atomic E-state index is 10.9. The molecular formula is C8H10N2OS. The van der Waals surface area contributed by atoms with Crippen LogP contribution < -0.4 is 5.32 Å². The Bertz CT molecular complexity index is 288. The van der Waals surface area contributed by atoms with Gasteiger partial charge < -0.3 is 5.32 Å². The number of anilines is 1. The van der Waals surface area contributed by atoms with Crippen molar-refractivity contribution in [1.29, 1.82) is 0 Å². The third-order valence-electron chi connectivity index (χ3n) is 1.30. The first kappa shape index (κ1) is 9.06. The second-order valence-corrected chi connectivity index (χ2v) is 2.69. The van der Waals surface area contributed by atoms with Gasteiger partial charge in [-0.1, -0.05) is 6.07 Å². The average molecular weight is 182 g/mol. The maximum Gasteiger partial charge on any atom is 0.235 e. The van der Waals surface area contributed by atoms with E-state index in [1.807, 2.05) is 19.1 Å². The lowest BCUT2D eigenvalue weighted by molar-refractivity contribution is -0.113. The highest BCUT2D eigenvalue weighted by Gasteiger charge is 1.98. The molecule has 0 atom stereocenters. The number of carbonyl (C=O) groups is 1. The van der Waals surface area contributed by atoms with Crippen LogP contribution in [0.1, 0.15) is 5.69 Å². The van der Waals surface area contributed by atoms with Crippen molar-refractivity contribution in [3.63, 3.8) is 0 Å². The number of nitrogens with zero attached hydrogens (tertiary/aromatic N) is 1. The van der Waals surface area contributed by atoms with E-state index in [1.54, 1.807) is 6.07 Å². The minimum Gasteiger partial charge on any atom is -0.310 e. The van der Waals surface area contributed by atoms with Gasteiger partial charge in [-0.15, -0.1) is 0 Å². The topological polar surface area (TPSA) is 42.0 Å². The van der Waals surface area contributed by atoms with E-state index in [-0.39, 0.29) is 11.7 Å². The summed E-state index contributed by atoms with van der Waals surface area (Å²) in [4.78, 5) is 15.0. The van der Waals surface area contributed by atoms with E-state index >= 15 is 0 Å². The van der Waals surface area contributed by atoms with E-state index < -0.39 is 0 Å². The second-order valence-electron chi connectivity index (χ2n) is 2.37. The molecule has 12 heavy (non-hydrogen) atoms. The normalized spacial score (nSPS) is 9.50. The Hall–Kier alpha value is -1.03. The summed E-state index contributed by atoms with van der Waals surface area (Å²) in [5.41, 5.74) is 0.881. The maximum atomic E-state index is 10.9. The van der Waals surface area contributed by atoms with Gasteiger partial charge in [0.05, 0.1) is 5.75 Å². The molecule has 1 aromatic rings. The molecule has 3 nitrogen and oxygen atoms in total. The number of pyridine rings is 1. The highest BCUT2D eigenvalue weighted by atomic mass is 32.1. The average Bonchev–Trinajstić information content (AvgIpc) is 2.04. The van der Waals surface area contributed by atoms with Crippen LogP contribution >= 0.6 is 12.6 Å². The molecule has 0 unspecified atom stereocenters. The molecule has 0 aliphatic heterocycles. The van der Waals surface area contributed by atoms with Gasteiger partial charge in [-0.25, -0.2) is 4.98 Å². The summed E-state index contributed by atoms with van der Waals surface area (Å²) in [5.74, 6) is 0.612. The number of hydrogen-bond acceptors (Lipinski definition) is 3. The van der Waals surface area contributed by atoms with Gasteiger partial charge in [-0.05, 0) is 19.1 Å². The number of amides is 1. The first-order valence-electron chi connectivity index (χ1n) is 3.57. The van der Waals surface area contributed by atoms with E-state index in [0.717, 1.165) is 5.69 Å². The van der Waals surface area contributed by atoms with Crippen LogP contribution in [0.2, 0.25) is 0 Å². The van der Waals surface area contributed by atoms with Gasteiger partial charge in [0.15, 0.2) is 0 Å². The van der Waals surface area contributed by atoms with Crippen molar-refractivity contribution in [1.82, 2.24) is 4.98 Å². The molecule has 1 heterocycles. The summed E-state index contributed by atoms with van der Waals surface area (Å²) in [6, 6.07) is 5.46. The lowest BCUT2D eigenvalue weighted by Crippen LogP contribution is -2.13. The van der Waals surface area contributed by atoms with Crippen molar-refractivity contribution in [2.24, 2.45) is 0 Å². The van der Waals surface area contributed by atoms with Crippen molar-refractivity contribution in [3.05, 3.63) is 23.9 Å². The van der Waals surface area contributed by atoms with Crippen LogP contribution in [0, 0.1) is 6.92 Å². The van der Waals surface area contributed by atoms with Gasteiger partial charge in [0.2, 0.25) is 5.91 Å². The molecule has 1 amide bonds. The molecule has 0 aliphatic carbocycles. The molecule has 0 fully saturated rings. The largest absolute Gasteiger partial charge is 0.310 e. The van der Waals surface area contributed by atoms with Crippen molar-refractivity contribution >= 4 is 24.4 Å². The molecule has 0 aromatic carbocycles. The number of carbonyl (C=O) groups excluding carboxylic acids is 1. The monoisotopic (exact) mass is 182 g/mol. The zero-order chi connectivity index (χ0) is 8.97. The summed E-state index contributed by atoms with van der Waals surface area (Å²) in [6.07, 6.45) is 0. The molecule has 0 aliphatic rings. The Balaban J connectivity index is 2.69. The first-order chi connectivity index (χ1) is 5.72. The smallest absolute Gasteiger partial charge is 0.235 e. The SMILES string of the molecule is Cc1cccc(NC(=O)CS)n1. The van der Waals surface area contributed by atoms with Crippen LogP contribution in [-0.2, 0) is 4.79 Å². The van der Waals surface area contributed by atoms with Crippen LogP contribution in [-0.4, -0.2) is 16.6 Å². The summed E-state index contributed by atoms with van der Waals surface area (Å²) in [6.45, 7) is 1.87. The van der Waals surface area contributed by atoms with E-state index in [9.17, 15) is 4.79 Å². The van der Waals surface area contributed by atoms with Crippen LogP contribution in [0.3, 0.4) is 0 Å². The molecule has 1 rings (SSSR count). The van der Waals surface area contributed by atoms with Crippen LogP contribution in [0.4, 0.5) is 5.82 Å². The van der Waals surface area contributed by atoms with Gasteiger partial charge in [0.25, 0.3) is 0 Å². The first-order valence-corrected chi connectivity index (χ1v) is 4.20. The fourth-order valence-electron chi connectivity index (χ4n) is 0.795. The van der Waals surface area contributed by atoms with Gasteiger partial charge in [0, 0.05) is 5.69 Å². The Morgan fingerprint density at radius 2 is 2.42 bits per heavy atom. The molecular weight excluding hydrogens is 172 g/mol. The van der Waals surface area contributed by atoms with E-state index in [2.05, 4.69) is 22.9 Å². The zero-order valence-corrected chi connectivity index (χ0v) is 7.64. The fourth-order valence-corrected chi connectivity index (χ4v) is 0.874.